The molecule has 1 saturated heterocycles. The van der Waals surface area contributed by atoms with Gasteiger partial charge in [0.05, 0.1) is 30.4 Å². The lowest BCUT2D eigenvalue weighted by Gasteiger charge is -2.37. The molecule has 2 aromatic carbocycles. The first-order valence-corrected chi connectivity index (χ1v) is 18.2. The van der Waals surface area contributed by atoms with Crippen LogP contribution in [-0.2, 0) is 18.6 Å². The van der Waals surface area contributed by atoms with Crippen LogP contribution in [0.25, 0.3) is 38.9 Å². The van der Waals surface area contributed by atoms with Crippen molar-refractivity contribution in [3.8, 4) is 22.9 Å². The van der Waals surface area contributed by atoms with E-state index < -0.39 is 27.0 Å². The Labute approximate surface area is 307 Å². The molecule has 1 aliphatic rings. The smallest absolute Gasteiger partial charge is 0.259 e. The molecule has 1 amide bonds. The number of ether oxygens (including phenoxy) is 1. The topological polar surface area (TPSA) is 205 Å². The molecule has 0 saturated carbocycles. The van der Waals surface area contributed by atoms with E-state index in [1.54, 1.807) is 29.1 Å². The van der Waals surface area contributed by atoms with E-state index in [1.807, 2.05) is 30.3 Å². The van der Waals surface area contributed by atoms with E-state index >= 15 is 0 Å². The van der Waals surface area contributed by atoms with E-state index in [0.717, 1.165) is 5.56 Å². The number of imidazole rings is 1. The monoisotopic (exact) mass is 743 g/mol. The van der Waals surface area contributed by atoms with Gasteiger partial charge in [-0.15, -0.1) is 10.2 Å². The summed E-state index contributed by atoms with van der Waals surface area (Å²) in [6.45, 7) is 17.0. The number of carbonyl (C=O) groups excluding carboxylic acids is 1. The average molecular weight is 744 g/mol. The minimum absolute atomic E-state index is 0.105. The molecule has 1 aliphatic heterocycles. The van der Waals surface area contributed by atoms with Gasteiger partial charge in [0, 0.05) is 36.6 Å². The van der Waals surface area contributed by atoms with Gasteiger partial charge in [-0.1, -0.05) is 18.2 Å². The highest BCUT2D eigenvalue weighted by Crippen LogP contribution is 2.50. The lowest BCUT2D eigenvalue weighted by molar-refractivity contribution is -0.114. The fourth-order valence-corrected chi connectivity index (χ4v) is 7.74. The largest absolute Gasteiger partial charge is 0.416 e. The van der Waals surface area contributed by atoms with Crippen LogP contribution in [-0.4, -0.2) is 89.5 Å². The van der Waals surface area contributed by atoms with Crippen LogP contribution in [0.3, 0.4) is 0 Å². The number of aliphatic hydroxyl groups is 1. The number of rotatable bonds is 15. The zero-order valence-corrected chi connectivity index (χ0v) is 30.9. The second-order valence-electron chi connectivity index (χ2n) is 12.8. The molecule has 0 radical (unpaired) electrons. The van der Waals surface area contributed by atoms with Crippen LogP contribution in [0, 0.1) is 6.57 Å². The number of nitrogens with one attached hydrogen (secondary N) is 2. The van der Waals surface area contributed by atoms with Crippen LogP contribution in [0.4, 0.5) is 23.1 Å². The van der Waals surface area contributed by atoms with Crippen molar-refractivity contribution in [1.29, 1.82) is 0 Å². The number of benzene rings is 2. The van der Waals surface area contributed by atoms with Crippen LogP contribution in [0.1, 0.15) is 47.3 Å². The molecule has 6 rings (SSSR count). The summed E-state index contributed by atoms with van der Waals surface area (Å²) in [6.07, 6.45) is 0.0923. The van der Waals surface area contributed by atoms with Crippen molar-refractivity contribution in [3.63, 3.8) is 0 Å². The first kappa shape index (κ1) is 37.7. The third-order valence-electron chi connectivity index (χ3n) is 8.27. The Morgan fingerprint density at radius 3 is 2.53 bits per heavy atom. The zero-order valence-electron chi connectivity index (χ0n) is 30.0. The summed E-state index contributed by atoms with van der Waals surface area (Å²) < 4.78 is 28.8. The number of hydrogen-bond donors (Lipinski definition) is 4. The molecule has 18 heteroatoms. The molecule has 0 bridgehead atoms. The second kappa shape index (κ2) is 16.7. The number of anilines is 4. The predicted octanol–water partition coefficient (Wildman–Crippen LogP) is 5.77. The predicted molar refractivity (Wildman–Crippen MR) is 199 cm³/mol. The van der Waals surface area contributed by atoms with Gasteiger partial charge in [-0.25, -0.2) is 16.2 Å². The molecule has 278 valence electrons. The normalized spacial score (nSPS) is 17.8. The summed E-state index contributed by atoms with van der Waals surface area (Å²) in [5, 5.41) is 24.8. The quantitative estimate of drug-likeness (QED) is 0.0571. The Morgan fingerprint density at radius 2 is 1.85 bits per heavy atom. The number of carbonyl (C=O) groups is 1. The van der Waals surface area contributed by atoms with Gasteiger partial charge in [-0.2, -0.15) is 9.97 Å². The lowest BCUT2D eigenvalue weighted by Crippen LogP contribution is -2.36. The van der Waals surface area contributed by atoms with Crippen LogP contribution in [0.5, 0.6) is 0 Å². The number of fused-ring (bicyclic) bond motifs is 1. The Kier molecular flexibility index (Phi) is 11.9. The van der Waals surface area contributed by atoms with Crippen molar-refractivity contribution in [2.75, 3.05) is 36.1 Å². The van der Waals surface area contributed by atoms with Crippen molar-refractivity contribution < 1.29 is 28.1 Å². The maximum Gasteiger partial charge on any atom is 0.259 e. The molecule has 1 fully saturated rings. The number of aliphatic hydroxyl groups excluding tert-OH is 1. The number of nitrogens with zero attached hydrogens (tertiary/aromatic N) is 8. The summed E-state index contributed by atoms with van der Waals surface area (Å²) in [7, 11) is -1.57. The van der Waals surface area contributed by atoms with Gasteiger partial charge >= 0.3 is 0 Å². The molecule has 0 aliphatic carbocycles. The highest BCUT2D eigenvalue weighted by Gasteiger charge is 2.41. The van der Waals surface area contributed by atoms with Crippen LogP contribution >= 0.6 is 8.53 Å². The van der Waals surface area contributed by atoms with Gasteiger partial charge in [0.1, 0.15) is 24.5 Å². The summed E-state index contributed by atoms with van der Waals surface area (Å²) in [6, 6.07) is 14.8. The van der Waals surface area contributed by atoms with E-state index in [4.69, 9.17) is 35.5 Å². The first-order valence-electron chi connectivity index (χ1n) is 17.1. The molecule has 4 atom stereocenters. The number of nitrogens with two attached hydrogens (primary N) is 1. The van der Waals surface area contributed by atoms with Crippen LogP contribution < -0.4 is 16.4 Å². The fraction of sp³-hybridized carbons (Fsp3) is 0.400. The maximum absolute atomic E-state index is 12.1. The van der Waals surface area contributed by atoms with Crippen molar-refractivity contribution in [1.82, 2.24) is 34.4 Å². The minimum atomic E-state index is -1.57. The summed E-state index contributed by atoms with van der Waals surface area (Å²) in [5.41, 5.74) is 9.40. The first-order chi connectivity index (χ1) is 25.6. The Bertz CT molecular complexity index is 2060. The molecule has 53 heavy (non-hydrogen) atoms. The second-order valence-corrected chi connectivity index (χ2v) is 14.2. The summed E-state index contributed by atoms with van der Waals surface area (Å²) >= 11 is 0. The maximum atomic E-state index is 12.1. The fourth-order valence-electron chi connectivity index (χ4n) is 5.99. The summed E-state index contributed by atoms with van der Waals surface area (Å²) in [4.78, 5) is 29.2. The average Bonchev–Trinajstić information content (AvgIpc) is 3.88. The molecular formula is C35H42N11O6P. The SMILES string of the molecule is [C-]#[N+]CCOP(O[C@@H]1C[C@H](n2cnc3c(N)nc(Nc4cc(-c5nnc(-c6ccccc6)o5)ccc4NC(C)=O)nc32)O[C@@H]1CO)N(C(C)C)C(C)C. The Morgan fingerprint density at radius 1 is 1.11 bits per heavy atom. The van der Waals surface area contributed by atoms with E-state index in [-0.39, 0.29) is 55.4 Å². The highest BCUT2D eigenvalue weighted by molar-refractivity contribution is 7.44. The molecule has 0 spiro atoms. The minimum Gasteiger partial charge on any atom is -0.416 e. The van der Waals surface area contributed by atoms with E-state index in [2.05, 4.69) is 68.0 Å². The molecule has 5 aromatic rings. The van der Waals surface area contributed by atoms with E-state index in [0.29, 0.717) is 40.4 Å². The van der Waals surface area contributed by atoms with E-state index in [1.165, 1.54) is 6.92 Å². The number of amides is 1. The number of aromatic nitrogens is 6. The highest BCUT2D eigenvalue weighted by atomic mass is 31.2. The van der Waals surface area contributed by atoms with Gasteiger partial charge in [0.25, 0.3) is 8.53 Å². The van der Waals surface area contributed by atoms with E-state index in [9.17, 15) is 9.90 Å². The molecule has 17 nitrogen and oxygen atoms in total. The van der Waals surface area contributed by atoms with Gasteiger partial charge in [0.15, 0.2) is 11.5 Å². The van der Waals surface area contributed by atoms with Gasteiger partial charge in [-0.3, -0.25) is 9.36 Å². The Hall–Kier alpha value is -5.08. The third kappa shape index (κ3) is 8.60. The van der Waals surface area contributed by atoms with Gasteiger partial charge in [-0.05, 0) is 58.0 Å². The number of nitrogen functional groups attached to an aromatic ring is 1. The zero-order chi connectivity index (χ0) is 37.6. The lowest BCUT2D eigenvalue weighted by atomic mass is 10.1. The Balaban J connectivity index is 1.28. The van der Waals surface area contributed by atoms with Crippen LogP contribution in [0.2, 0.25) is 0 Å². The van der Waals surface area contributed by atoms with Crippen molar-refractivity contribution in [3.05, 3.63) is 66.3 Å². The molecule has 5 N–H and O–H groups in total. The van der Waals surface area contributed by atoms with Crippen molar-refractivity contribution in [2.45, 2.75) is 71.6 Å². The van der Waals surface area contributed by atoms with Crippen LogP contribution in [0.15, 0.2) is 59.3 Å². The molecule has 4 heterocycles. The standard InChI is InChI=1S/C35H42N11O6P/c1-20(2)46(21(3)4)53(49-15-14-37-6)52-27-17-29(50-28(27)18-47)45-19-38-30-31(36)41-35(42-32(30)45)40-26-16-24(12-13-25(26)39-22(5)48)34-44-43-33(51-34)23-10-8-7-9-11-23/h7-13,16,19-21,27-29,47H,14-15,17-18H2,1-5H3,(H,39,48)(H3,36,40,41,42)/t27-,28-,29-,53?/m1/s1. The number of hydrogen-bond acceptors (Lipinski definition) is 14. The van der Waals surface area contributed by atoms with Gasteiger partial charge in [0.2, 0.25) is 30.2 Å². The van der Waals surface area contributed by atoms with Crippen molar-refractivity contribution in [2.24, 2.45) is 0 Å². The summed E-state index contributed by atoms with van der Waals surface area (Å²) in [5.74, 6) is 0.597. The molecule has 1 unspecified atom stereocenters. The molecule has 3 aromatic heterocycles. The third-order valence-corrected chi connectivity index (χ3v) is 10.4. The molecular weight excluding hydrogens is 701 g/mol. The van der Waals surface area contributed by atoms with Gasteiger partial charge < -0.3 is 44.5 Å². The van der Waals surface area contributed by atoms with Crippen molar-refractivity contribution >= 4 is 48.7 Å².